The summed E-state index contributed by atoms with van der Waals surface area (Å²) in [7, 11) is 0. The van der Waals surface area contributed by atoms with Gasteiger partial charge in [-0.3, -0.25) is 9.36 Å². The summed E-state index contributed by atoms with van der Waals surface area (Å²) in [6.07, 6.45) is 0. The summed E-state index contributed by atoms with van der Waals surface area (Å²) in [4.78, 5) is 17.6. The molecule has 0 radical (unpaired) electrons. The Hall–Kier alpha value is -2.93. The molecule has 0 aliphatic heterocycles. The molecular weight excluding hydrogens is 372 g/mol. The van der Waals surface area contributed by atoms with Gasteiger partial charge in [-0.1, -0.05) is 41.6 Å². The molecule has 0 saturated carbocycles. The van der Waals surface area contributed by atoms with E-state index in [1.54, 1.807) is 4.57 Å². The molecule has 28 heavy (non-hydrogen) atoms. The van der Waals surface area contributed by atoms with Crippen LogP contribution in [0.3, 0.4) is 0 Å². The molecule has 0 saturated heterocycles. The molecule has 4 rings (SSSR count). The van der Waals surface area contributed by atoms with Crippen molar-refractivity contribution in [3.8, 4) is 11.5 Å². The fourth-order valence-electron chi connectivity index (χ4n) is 3.02. The molecule has 0 bridgehead atoms. The van der Waals surface area contributed by atoms with Gasteiger partial charge in [0.1, 0.15) is 0 Å². The largest absolute Gasteiger partial charge is 0.420 e. The fraction of sp³-hybridized carbons (Fsp3) is 0.238. The highest BCUT2D eigenvalue weighted by atomic mass is 32.2. The van der Waals surface area contributed by atoms with E-state index in [0.717, 1.165) is 11.1 Å². The molecule has 0 atom stereocenters. The molecule has 0 unspecified atom stereocenters. The molecule has 0 N–H and O–H groups in total. The van der Waals surface area contributed by atoms with E-state index >= 15 is 0 Å². The molecule has 4 aromatic rings. The smallest absolute Gasteiger partial charge is 0.262 e. The van der Waals surface area contributed by atoms with Gasteiger partial charge < -0.3 is 4.42 Å². The molecule has 0 spiro atoms. The predicted molar refractivity (Wildman–Crippen MR) is 110 cm³/mol. The predicted octanol–water partition coefficient (Wildman–Crippen LogP) is 4.63. The lowest BCUT2D eigenvalue weighted by Crippen LogP contribution is -2.25. The number of nitrogens with zero attached hydrogens (tertiary/aromatic N) is 4. The fourth-order valence-corrected chi connectivity index (χ4v) is 3.98. The summed E-state index contributed by atoms with van der Waals surface area (Å²) in [5.41, 5.74) is 2.69. The standard InChI is InChI=1S/C21H20N4O2S/c1-13(2)25-20(26)16-9-4-5-10-17(16)22-21(25)28-12-18-23-24-19(27-18)15-8-6-7-14(3)11-15/h4-11,13H,12H2,1-3H3. The third-order valence-corrected chi connectivity index (χ3v) is 5.29. The highest BCUT2D eigenvalue weighted by Crippen LogP contribution is 2.26. The van der Waals surface area contributed by atoms with Crippen LogP contribution in [0.15, 0.2) is 62.9 Å². The second kappa shape index (κ2) is 7.59. The Bertz CT molecular complexity index is 1200. The maximum atomic E-state index is 12.9. The Balaban J connectivity index is 1.63. The number of fused-ring (bicyclic) bond motifs is 1. The van der Waals surface area contributed by atoms with Gasteiger partial charge in [0.05, 0.1) is 16.7 Å². The van der Waals surface area contributed by atoms with Crippen molar-refractivity contribution in [3.05, 3.63) is 70.3 Å². The van der Waals surface area contributed by atoms with E-state index < -0.39 is 0 Å². The van der Waals surface area contributed by atoms with Crippen molar-refractivity contribution in [2.24, 2.45) is 0 Å². The molecule has 0 fully saturated rings. The number of benzene rings is 2. The number of hydrogen-bond donors (Lipinski definition) is 0. The maximum absolute atomic E-state index is 12.9. The van der Waals surface area contributed by atoms with Crippen LogP contribution in [0.25, 0.3) is 22.4 Å². The minimum Gasteiger partial charge on any atom is -0.420 e. The van der Waals surface area contributed by atoms with Gasteiger partial charge in [-0.2, -0.15) is 0 Å². The van der Waals surface area contributed by atoms with Crippen molar-refractivity contribution in [3.63, 3.8) is 0 Å². The van der Waals surface area contributed by atoms with Crippen molar-refractivity contribution < 1.29 is 4.42 Å². The first kappa shape index (κ1) is 18.4. The third kappa shape index (κ3) is 3.57. The van der Waals surface area contributed by atoms with Crippen molar-refractivity contribution in [2.75, 3.05) is 0 Å². The lowest BCUT2D eigenvalue weighted by atomic mass is 10.1. The first-order valence-corrected chi connectivity index (χ1v) is 10.0. The van der Waals surface area contributed by atoms with Gasteiger partial charge in [0.2, 0.25) is 11.8 Å². The molecule has 2 heterocycles. The summed E-state index contributed by atoms with van der Waals surface area (Å²) < 4.78 is 7.52. The third-order valence-electron chi connectivity index (χ3n) is 4.35. The van der Waals surface area contributed by atoms with Crippen LogP contribution in [0.5, 0.6) is 0 Å². The molecule has 2 aromatic carbocycles. The van der Waals surface area contributed by atoms with Gasteiger partial charge in [0.15, 0.2) is 5.16 Å². The van der Waals surface area contributed by atoms with Crippen molar-refractivity contribution in [1.29, 1.82) is 0 Å². The minimum atomic E-state index is -0.0333. The van der Waals surface area contributed by atoms with Gasteiger partial charge in [-0.15, -0.1) is 10.2 Å². The molecule has 0 aliphatic carbocycles. The second-order valence-electron chi connectivity index (χ2n) is 6.84. The van der Waals surface area contributed by atoms with E-state index in [0.29, 0.717) is 33.6 Å². The first-order valence-electron chi connectivity index (χ1n) is 9.06. The number of para-hydroxylation sites is 1. The summed E-state index contributed by atoms with van der Waals surface area (Å²) in [5.74, 6) is 1.43. The Morgan fingerprint density at radius 3 is 2.71 bits per heavy atom. The summed E-state index contributed by atoms with van der Waals surface area (Å²) >= 11 is 1.42. The van der Waals surface area contributed by atoms with Crippen LogP contribution < -0.4 is 5.56 Å². The molecule has 6 nitrogen and oxygen atoms in total. The van der Waals surface area contributed by atoms with Gasteiger partial charge in [-0.25, -0.2) is 4.98 Å². The van der Waals surface area contributed by atoms with Gasteiger partial charge in [0.25, 0.3) is 5.56 Å². The minimum absolute atomic E-state index is 0.00218. The van der Waals surface area contributed by atoms with E-state index in [1.165, 1.54) is 11.8 Å². The number of thioether (sulfide) groups is 1. The Kier molecular flexibility index (Phi) is 5.00. The van der Waals surface area contributed by atoms with E-state index in [-0.39, 0.29) is 11.6 Å². The average molecular weight is 392 g/mol. The molecule has 0 amide bonds. The lowest BCUT2D eigenvalue weighted by molar-refractivity contribution is 0.514. The molecule has 7 heteroatoms. The van der Waals surface area contributed by atoms with Crippen LogP contribution in [0, 0.1) is 6.92 Å². The highest BCUT2D eigenvalue weighted by molar-refractivity contribution is 7.98. The molecule has 2 aromatic heterocycles. The maximum Gasteiger partial charge on any atom is 0.262 e. The van der Waals surface area contributed by atoms with Crippen molar-refractivity contribution in [2.45, 2.75) is 37.7 Å². The van der Waals surface area contributed by atoms with E-state index in [1.807, 2.05) is 69.3 Å². The van der Waals surface area contributed by atoms with E-state index in [4.69, 9.17) is 4.42 Å². The van der Waals surface area contributed by atoms with Crippen LogP contribution >= 0.6 is 11.8 Å². The highest BCUT2D eigenvalue weighted by Gasteiger charge is 2.16. The van der Waals surface area contributed by atoms with Crippen molar-refractivity contribution in [1.82, 2.24) is 19.7 Å². The van der Waals surface area contributed by atoms with E-state index in [9.17, 15) is 4.79 Å². The average Bonchev–Trinajstić information content (AvgIpc) is 3.15. The molecule has 142 valence electrons. The molecular formula is C21H20N4O2S. The van der Waals surface area contributed by atoms with Crippen LogP contribution in [-0.4, -0.2) is 19.7 Å². The lowest BCUT2D eigenvalue weighted by Gasteiger charge is -2.15. The number of aromatic nitrogens is 4. The summed E-state index contributed by atoms with van der Waals surface area (Å²) in [6.45, 7) is 5.97. The topological polar surface area (TPSA) is 73.8 Å². The van der Waals surface area contributed by atoms with Crippen LogP contribution in [0.2, 0.25) is 0 Å². The number of hydrogen-bond acceptors (Lipinski definition) is 6. The van der Waals surface area contributed by atoms with Gasteiger partial charge in [0, 0.05) is 11.6 Å². The Labute approximate surface area is 166 Å². The van der Waals surface area contributed by atoms with Crippen LogP contribution in [0.4, 0.5) is 0 Å². The zero-order valence-corrected chi connectivity index (χ0v) is 16.7. The van der Waals surface area contributed by atoms with Gasteiger partial charge in [-0.05, 0) is 45.0 Å². The zero-order valence-electron chi connectivity index (χ0n) is 15.9. The quantitative estimate of drug-likeness (QED) is 0.364. The molecule has 0 aliphatic rings. The monoisotopic (exact) mass is 392 g/mol. The number of aryl methyl sites for hydroxylation is 1. The summed E-state index contributed by atoms with van der Waals surface area (Å²) in [6, 6.07) is 15.3. The Morgan fingerprint density at radius 2 is 1.93 bits per heavy atom. The van der Waals surface area contributed by atoms with Crippen molar-refractivity contribution >= 4 is 22.7 Å². The van der Waals surface area contributed by atoms with Crippen LogP contribution in [0.1, 0.15) is 31.3 Å². The zero-order chi connectivity index (χ0) is 19.7. The Morgan fingerprint density at radius 1 is 1.11 bits per heavy atom. The second-order valence-corrected chi connectivity index (χ2v) is 7.78. The SMILES string of the molecule is Cc1cccc(-c2nnc(CSc3nc4ccccc4c(=O)n3C(C)C)o2)c1. The number of rotatable bonds is 5. The summed E-state index contributed by atoms with van der Waals surface area (Å²) in [5, 5.41) is 9.56. The van der Waals surface area contributed by atoms with Crippen LogP contribution in [-0.2, 0) is 5.75 Å². The first-order chi connectivity index (χ1) is 13.5. The normalized spacial score (nSPS) is 11.4. The van der Waals surface area contributed by atoms with Gasteiger partial charge >= 0.3 is 0 Å². The van der Waals surface area contributed by atoms with E-state index in [2.05, 4.69) is 15.2 Å².